The molecule has 0 radical (unpaired) electrons. The van der Waals surface area contributed by atoms with E-state index in [9.17, 15) is 8.42 Å². The second-order valence-corrected chi connectivity index (χ2v) is 37.5. The largest absolute Gasteiger partial charge is 0.748 e. The lowest BCUT2D eigenvalue weighted by atomic mass is 10.0. The molecule has 0 atom stereocenters. The van der Waals surface area contributed by atoms with Crippen molar-refractivity contribution < 1.29 is 25.9 Å². The fourth-order valence-corrected chi connectivity index (χ4v) is 15.5. The first kappa shape index (κ1) is 115. The average Bonchev–Trinajstić information content (AvgIpc) is 1.78. The minimum absolute atomic E-state index is 0.604. The van der Waals surface area contributed by atoms with Gasteiger partial charge >= 0.3 is 0 Å². The fourth-order valence-electron chi connectivity index (χ4n) is 15.1. The number of aromatic amines is 1. The molecule has 0 aliphatic heterocycles. The van der Waals surface area contributed by atoms with E-state index >= 15 is 0 Å². The Hall–Kier alpha value is -2.07. The summed E-state index contributed by atoms with van der Waals surface area (Å²) in [5.74, 6) is 3.79. The highest BCUT2D eigenvalue weighted by atomic mass is 79.9. The third-order valence-electron chi connectivity index (χ3n) is 22.2. The minimum Gasteiger partial charge on any atom is -0.748 e. The first-order valence-corrected chi connectivity index (χ1v) is 54.3. The third kappa shape index (κ3) is 106. The van der Waals surface area contributed by atoms with Crippen LogP contribution in [0.1, 0.15) is 541 Å². The van der Waals surface area contributed by atoms with Gasteiger partial charge in [-0.1, -0.05) is 501 Å². The summed E-state index contributed by atoms with van der Waals surface area (Å²) >= 11 is 3.49. The van der Waals surface area contributed by atoms with Crippen LogP contribution < -0.4 is 0 Å². The SMILES string of the molecule is CCCCCCCCCCCCCCCCCCBr.CCCCCCCCCCCCCCCCCCn1ccnc1CCCCCCCCCCC.CCCCCCCCCCCCCCCCCCn1ccnc1CCCCCCCCCCC.CCCCCCCCCCCc1ncc[nH]1.CS(=O)(=O)O.CS(=O)(=O)[O-]. The molecule has 12 nitrogen and oxygen atoms in total. The maximum absolute atomic E-state index is 9.19. The molecule has 0 unspecified atom stereocenters. The maximum atomic E-state index is 9.19. The quantitative estimate of drug-likeness (QED) is 0.0316. The third-order valence-corrected chi connectivity index (χ3v) is 22.7. The highest BCUT2D eigenvalue weighted by Gasteiger charge is 2.07. The van der Waals surface area contributed by atoms with Crippen molar-refractivity contribution in [2.75, 3.05) is 17.8 Å². The molecule has 3 aromatic heterocycles. The summed E-state index contributed by atoms with van der Waals surface area (Å²) in [4.78, 5) is 16.7. The van der Waals surface area contributed by atoms with E-state index in [4.69, 9.17) is 17.5 Å². The monoisotopic (exact) mass is 1690 g/mol. The van der Waals surface area contributed by atoms with Gasteiger partial charge in [-0.2, -0.15) is 8.42 Å². The predicted molar refractivity (Wildman–Crippen MR) is 501 cm³/mol. The number of rotatable bonds is 80. The topological polar surface area (TPSA) is 176 Å². The van der Waals surface area contributed by atoms with Gasteiger partial charge in [-0.15, -0.1) is 0 Å². The molecule has 2 N–H and O–H groups in total. The van der Waals surface area contributed by atoms with Crippen molar-refractivity contribution in [3.05, 3.63) is 54.7 Å². The molecular formula is C98H194BrN6O6S2-. The fraction of sp³-hybridized carbons (Fsp3) is 0.908. The van der Waals surface area contributed by atoms with E-state index in [1.54, 1.807) is 0 Å². The minimum atomic E-state index is -3.92. The Morgan fingerprint density at radius 3 is 0.655 bits per heavy atom. The lowest BCUT2D eigenvalue weighted by Crippen LogP contribution is -2.03. The van der Waals surface area contributed by atoms with Crippen molar-refractivity contribution in [1.29, 1.82) is 0 Å². The number of nitrogens with zero attached hydrogens (tertiary/aromatic N) is 5. The van der Waals surface area contributed by atoms with Crippen LogP contribution in [0.25, 0.3) is 0 Å². The van der Waals surface area contributed by atoms with E-state index in [1.807, 2.05) is 24.8 Å². The Labute approximate surface area is 714 Å². The number of nitrogens with one attached hydrogen (secondary N) is 1. The molecule has 0 amide bonds. The summed E-state index contributed by atoms with van der Waals surface area (Å²) in [5, 5.41) is 1.19. The average molecular weight is 1700 g/mol. The number of aromatic nitrogens is 6. The summed E-state index contributed by atoms with van der Waals surface area (Å²) in [7, 11) is -7.58. The first-order valence-electron chi connectivity index (χ1n) is 49.5. The Balaban J connectivity index is -0.00000142. The van der Waals surface area contributed by atoms with Gasteiger partial charge in [0.05, 0.1) is 16.4 Å². The van der Waals surface area contributed by atoms with E-state index in [1.165, 1.54) is 524 Å². The Morgan fingerprint density at radius 2 is 0.469 bits per heavy atom. The molecule has 15 heteroatoms. The zero-order chi connectivity index (χ0) is 83.2. The number of imidazole rings is 3. The highest BCUT2D eigenvalue weighted by molar-refractivity contribution is 9.09. The summed E-state index contributed by atoms with van der Waals surface area (Å²) in [5.41, 5.74) is 0. The molecule has 3 heterocycles. The summed E-state index contributed by atoms with van der Waals surface area (Å²) in [6, 6.07) is 0. The van der Waals surface area contributed by atoms with Crippen LogP contribution in [-0.2, 0) is 52.6 Å². The molecule has 0 saturated heterocycles. The van der Waals surface area contributed by atoms with Crippen LogP contribution in [0.2, 0.25) is 0 Å². The molecule has 0 aliphatic carbocycles. The Morgan fingerprint density at radius 1 is 0.292 bits per heavy atom. The zero-order valence-corrected chi connectivity index (χ0v) is 79.9. The molecule has 0 aromatic carbocycles. The van der Waals surface area contributed by atoms with Crippen LogP contribution in [0.15, 0.2) is 37.2 Å². The molecule has 3 aromatic rings. The van der Waals surface area contributed by atoms with Gasteiger partial charge in [-0.25, -0.2) is 23.4 Å². The van der Waals surface area contributed by atoms with Crippen LogP contribution >= 0.6 is 15.9 Å². The van der Waals surface area contributed by atoms with Gasteiger partial charge in [0.25, 0.3) is 10.1 Å². The molecule has 3 rings (SSSR count). The standard InChI is InChI=1S/2C32H62N2.C18H37Br.C14H26N2.2CH4O3S/c2*1-3-5-7-9-11-13-14-15-16-17-18-19-21-23-25-27-30-34-31-29-33-32(34)28-26-24-22-20-12-10-8-6-4-2;1-2-3-4-5-6-7-8-9-10-11-12-13-14-15-16-17-18-19;1-2-3-4-5-6-7-8-9-10-11-14-15-12-13-16-14;2*1-5(2,3)4/h2*29,31H,3-28,30H2,1-2H3;2-18H2,1H3;12-13H,2-11H2,1H3,(H,15,16);2*1H3,(H,2,3,4)/p-1. The number of unbranched alkanes of at least 4 members (excludes halogenated alkanes) is 69. The number of alkyl halides is 1. The van der Waals surface area contributed by atoms with E-state index in [-0.39, 0.29) is 0 Å². The van der Waals surface area contributed by atoms with Gasteiger partial charge in [0.2, 0.25) is 0 Å². The van der Waals surface area contributed by atoms with Crippen LogP contribution in [0.4, 0.5) is 0 Å². The van der Waals surface area contributed by atoms with Crippen molar-refractivity contribution in [3.8, 4) is 0 Å². The second kappa shape index (κ2) is 97.1. The van der Waals surface area contributed by atoms with E-state index in [0.717, 1.165) is 12.2 Å². The number of aryl methyl sites for hydroxylation is 5. The van der Waals surface area contributed by atoms with Crippen LogP contribution in [0.5, 0.6) is 0 Å². The van der Waals surface area contributed by atoms with Gasteiger partial charge in [-0.3, -0.25) is 4.55 Å². The summed E-state index contributed by atoms with van der Waals surface area (Å²) in [6.07, 6.45) is 124. The van der Waals surface area contributed by atoms with Gasteiger partial charge < -0.3 is 18.7 Å². The van der Waals surface area contributed by atoms with Crippen molar-refractivity contribution in [3.63, 3.8) is 0 Å². The van der Waals surface area contributed by atoms with E-state index in [0.29, 0.717) is 12.5 Å². The van der Waals surface area contributed by atoms with Crippen molar-refractivity contribution in [1.82, 2.24) is 29.1 Å². The number of hydrogen-bond acceptors (Lipinski definition) is 8. The summed E-state index contributed by atoms with van der Waals surface area (Å²) in [6.45, 7) is 16.1. The number of hydrogen-bond donors (Lipinski definition) is 2. The maximum Gasteiger partial charge on any atom is 0.261 e. The molecule has 0 aliphatic rings. The molecule has 0 bridgehead atoms. The van der Waals surface area contributed by atoms with Gasteiger partial charge in [0, 0.05) is 81.1 Å². The molecule has 672 valence electrons. The number of H-pyrrole nitrogens is 1. The smallest absolute Gasteiger partial charge is 0.261 e. The Kier molecular flexibility index (Phi) is 98.8. The van der Waals surface area contributed by atoms with Crippen LogP contribution in [0.3, 0.4) is 0 Å². The van der Waals surface area contributed by atoms with Gasteiger partial charge in [0.15, 0.2) is 0 Å². The van der Waals surface area contributed by atoms with Crippen LogP contribution in [0, 0.1) is 0 Å². The summed E-state index contributed by atoms with van der Waals surface area (Å²) < 4.78 is 57.9. The molecule has 113 heavy (non-hydrogen) atoms. The van der Waals surface area contributed by atoms with Crippen molar-refractivity contribution >= 4 is 36.2 Å². The van der Waals surface area contributed by atoms with Crippen molar-refractivity contribution in [2.45, 2.75) is 555 Å². The normalized spacial score (nSPS) is 11.3. The lowest BCUT2D eigenvalue weighted by Gasteiger charge is -2.08. The molecule has 0 spiro atoms. The molecule has 0 saturated carbocycles. The van der Waals surface area contributed by atoms with E-state index in [2.05, 4.69) is 98.9 Å². The first-order chi connectivity index (χ1) is 55.1. The van der Waals surface area contributed by atoms with Crippen LogP contribution in [-0.4, -0.2) is 72.9 Å². The Bertz CT molecular complexity index is 2270. The van der Waals surface area contributed by atoms with E-state index < -0.39 is 20.2 Å². The lowest BCUT2D eigenvalue weighted by molar-refractivity contribution is 0.470. The highest BCUT2D eigenvalue weighted by Crippen LogP contribution is 2.21. The van der Waals surface area contributed by atoms with Gasteiger partial charge in [-0.05, 0) is 38.5 Å². The predicted octanol–water partition coefficient (Wildman–Crippen LogP) is 33.2. The molecular weight excluding hydrogens is 1500 g/mol. The van der Waals surface area contributed by atoms with Crippen molar-refractivity contribution in [2.24, 2.45) is 0 Å². The zero-order valence-electron chi connectivity index (χ0n) is 76.7. The second-order valence-electron chi connectivity index (χ2n) is 33.9. The number of halogens is 1. The molecule has 0 fully saturated rings. The van der Waals surface area contributed by atoms with Gasteiger partial charge in [0.1, 0.15) is 17.5 Å².